The van der Waals surface area contributed by atoms with Crippen LogP contribution >= 0.6 is 11.8 Å². The molecular formula is C21H23F3N4O2S. The van der Waals surface area contributed by atoms with Crippen molar-refractivity contribution in [3.8, 4) is 6.07 Å². The molecule has 3 saturated heterocycles. The Morgan fingerprint density at radius 3 is 2.32 bits per heavy atom. The molecule has 0 aliphatic carbocycles. The fraction of sp³-hybridized carbons (Fsp3) is 0.571. The van der Waals surface area contributed by atoms with E-state index < -0.39 is 23.8 Å². The summed E-state index contributed by atoms with van der Waals surface area (Å²) in [7, 11) is 0. The third-order valence-corrected chi connectivity index (χ3v) is 7.58. The number of fused-ring (bicyclic) bond motifs is 2. The van der Waals surface area contributed by atoms with E-state index in [9.17, 15) is 28.0 Å². The van der Waals surface area contributed by atoms with Gasteiger partial charge in [0.15, 0.2) is 0 Å². The average molecular weight is 453 g/mol. The highest BCUT2D eigenvalue weighted by atomic mass is 32.2. The van der Waals surface area contributed by atoms with Gasteiger partial charge >= 0.3 is 6.18 Å². The van der Waals surface area contributed by atoms with E-state index in [1.54, 1.807) is 4.90 Å². The molecule has 2 N–H and O–H groups in total. The number of thioether (sulfide) groups is 1. The normalized spacial score (nSPS) is 29.0. The van der Waals surface area contributed by atoms with Gasteiger partial charge < -0.3 is 15.5 Å². The molecule has 4 rings (SSSR count). The molecule has 3 aliphatic rings. The third kappa shape index (κ3) is 4.13. The molecule has 2 amide bonds. The second kappa shape index (κ2) is 8.36. The minimum atomic E-state index is -4.44. The Hall–Kier alpha value is -2.25. The van der Waals surface area contributed by atoms with Gasteiger partial charge in [-0.15, -0.1) is 11.8 Å². The van der Waals surface area contributed by atoms with Crippen LogP contribution < -0.4 is 5.73 Å². The zero-order valence-corrected chi connectivity index (χ0v) is 17.5. The lowest BCUT2D eigenvalue weighted by Crippen LogP contribution is -2.55. The van der Waals surface area contributed by atoms with E-state index in [1.165, 1.54) is 28.8 Å². The Bertz CT molecular complexity index is 887. The number of nitriles is 1. The van der Waals surface area contributed by atoms with Gasteiger partial charge in [0.05, 0.1) is 23.6 Å². The summed E-state index contributed by atoms with van der Waals surface area (Å²) in [5.74, 6) is 0.457. The molecule has 0 spiro atoms. The molecule has 31 heavy (non-hydrogen) atoms. The van der Waals surface area contributed by atoms with Gasteiger partial charge in [-0.3, -0.25) is 9.59 Å². The fourth-order valence-electron chi connectivity index (χ4n) is 4.95. The van der Waals surface area contributed by atoms with Crippen molar-refractivity contribution in [1.82, 2.24) is 9.80 Å². The molecule has 10 heteroatoms. The lowest BCUT2D eigenvalue weighted by molar-refractivity contribution is -0.137. The zero-order chi connectivity index (χ0) is 22.3. The van der Waals surface area contributed by atoms with Crippen LogP contribution in [-0.4, -0.2) is 57.4 Å². The molecule has 3 heterocycles. The van der Waals surface area contributed by atoms with E-state index in [0.717, 1.165) is 25.0 Å². The summed E-state index contributed by atoms with van der Waals surface area (Å²) < 4.78 is 38.4. The summed E-state index contributed by atoms with van der Waals surface area (Å²) in [4.78, 5) is 29.2. The van der Waals surface area contributed by atoms with Crippen LogP contribution in [0.1, 0.15) is 41.6 Å². The topological polar surface area (TPSA) is 90.4 Å². The Balaban J connectivity index is 1.44. The number of carbonyl (C=O) groups is 2. The maximum absolute atomic E-state index is 13.0. The van der Waals surface area contributed by atoms with Crippen molar-refractivity contribution >= 4 is 23.6 Å². The molecule has 0 radical (unpaired) electrons. The maximum Gasteiger partial charge on any atom is 0.416 e. The second-order valence-electron chi connectivity index (χ2n) is 8.38. The molecule has 0 aromatic heterocycles. The molecule has 0 unspecified atom stereocenters. The van der Waals surface area contributed by atoms with E-state index in [0.29, 0.717) is 24.5 Å². The quantitative estimate of drug-likeness (QED) is 0.762. The standard InChI is InChI=1S/C21H23F3N4O2S/c22-21(23,24)14-3-1-12(2-4-14)19(29)28-15-5-6-16(28)8-13(7-15)18(26)20(30)27-11-31-10-17(27)9-25/h1-4,13,15-18H,5-8,10-11,26H2/t15-,16-,17-,18-/m0/s1. The lowest BCUT2D eigenvalue weighted by atomic mass is 9.84. The third-order valence-electron chi connectivity index (χ3n) is 6.57. The van der Waals surface area contributed by atoms with Crippen molar-refractivity contribution in [2.24, 2.45) is 11.7 Å². The first-order valence-corrected chi connectivity index (χ1v) is 11.4. The average Bonchev–Trinajstić information content (AvgIpc) is 3.33. The van der Waals surface area contributed by atoms with E-state index in [4.69, 9.17) is 5.73 Å². The highest BCUT2D eigenvalue weighted by molar-refractivity contribution is 7.99. The number of rotatable bonds is 3. The molecule has 1 aromatic carbocycles. The summed E-state index contributed by atoms with van der Waals surface area (Å²) >= 11 is 1.53. The van der Waals surface area contributed by atoms with Crippen LogP contribution in [0.3, 0.4) is 0 Å². The number of benzene rings is 1. The first-order valence-electron chi connectivity index (χ1n) is 10.2. The van der Waals surface area contributed by atoms with Gasteiger partial charge in [0.2, 0.25) is 5.91 Å². The van der Waals surface area contributed by atoms with Crippen molar-refractivity contribution in [3.63, 3.8) is 0 Å². The molecular weight excluding hydrogens is 429 g/mol. The Labute approximate surface area is 182 Å². The molecule has 2 bridgehead atoms. The highest BCUT2D eigenvalue weighted by Crippen LogP contribution is 2.41. The second-order valence-corrected chi connectivity index (χ2v) is 9.38. The van der Waals surface area contributed by atoms with Crippen LogP contribution in [0, 0.1) is 17.2 Å². The van der Waals surface area contributed by atoms with Gasteiger partial charge in [-0.1, -0.05) is 0 Å². The summed E-state index contributed by atoms with van der Waals surface area (Å²) in [5.41, 5.74) is 5.76. The largest absolute Gasteiger partial charge is 0.416 e. The van der Waals surface area contributed by atoms with E-state index in [-0.39, 0.29) is 35.4 Å². The first kappa shape index (κ1) is 22.0. The predicted octanol–water partition coefficient (Wildman–Crippen LogP) is 2.84. The highest BCUT2D eigenvalue weighted by Gasteiger charge is 2.47. The number of halogens is 3. The van der Waals surface area contributed by atoms with E-state index in [1.807, 2.05) is 0 Å². The summed E-state index contributed by atoms with van der Waals surface area (Å²) in [6.07, 6.45) is -1.72. The predicted molar refractivity (Wildman–Crippen MR) is 109 cm³/mol. The fourth-order valence-corrected chi connectivity index (χ4v) is 6.04. The van der Waals surface area contributed by atoms with Gasteiger partial charge in [0.1, 0.15) is 6.04 Å². The summed E-state index contributed by atoms with van der Waals surface area (Å²) in [6.45, 7) is 0. The first-order chi connectivity index (χ1) is 14.7. The van der Waals surface area contributed by atoms with Crippen molar-refractivity contribution in [2.75, 3.05) is 11.6 Å². The maximum atomic E-state index is 13.0. The van der Waals surface area contributed by atoms with Crippen LogP contribution in [0.2, 0.25) is 0 Å². The van der Waals surface area contributed by atoms with Crippen LogP contribution in [0.5, 0.6) is 0 Å². The molecule has 0 saturated carbocycles. The number of amides is 2. The number of carbonyl (C=O) groups excluding carboxylic acids is 2. The van der Waals surface area contributed by atoms with Gasteiger partial charge in [0.25, 0.3) is 5.91 Å². The lowest BCUT2D eigenvalue weighted by Gasteiger charge is -2.41. The smallest absolute Gasteiger partial charge is 0.333 e. The van der Waals surface area contributed by atoms with Gasteiger partial charge in [0, 0.05) is 23.4 Å². The Morgan fingerprint density at radius 1 is 1.16 bits per heavy atom. The Kier molecular flexibility index (Phi) is 5.92. The van der Waals surface area contributed by atoms with Crippen LogP contribution in [-0.2, 0) is 11.0 Å². The van der Waals surface area contributed by atoms with E-state index >= 15 is 0 Å². The molecule has 3 fully saturated rings. The number of alkyl halides is 3. The van der Waals surface area contributed by atoms with Crippen molar-refractivity contribution in [2.45, 2.75) is 56.0 Å². The van der Waals surface area contributed by atoms with Crippen LogP contribution in [0.15, 0.2) is 24.3 Å². The number of hydrogen-bond donors (Lipinski definition) is 1. The molecule has 3 aliphatic heterocycles. The number of piperidine rings is 1. The van der Waals surface area contributed by atoms with Crippen LogP contribution in [0.25, 0.3) is 0 Å². The van der Waals surface area contributed by atoms with Gasteiger partial charge in [-0.2, -0.15) is 18.4 Å². The SMILES string of the molecule is N#C[C@H]1CSCN1C(=O)[C@@H](N)C1C[C@@H]2CC[C@@H](C1)N2C(=O)c1ccc(C(F)(F)F)cc1. The minimum absolute atomic E-state index is 0.0860. The van der Waals surface area contributed by atoms with Crippen molar-refractivity contribution in [3.05, 3.63) is 35.4 Å². The number of nitrogens with two attached hydrogens (primary N) is 1. The van der Waals surface area contributed by atoms with Crippen LogP contribution in [0.4, 0.5) is 13.2 Å². The van der Waals surface area contributed by atoms with Crippen molar-refractivity contribution in [1.29, 1.82) is 5.26 Å². The number of hydrogen-bond acceptors (Lipinski definition) is 5. The molecule has 6 nitrogen and oxygen atoms in total. The number of nitrogens with zero attached hydrogens (tertiary/aromatic N) is 3. The van der Waals surface area contributed by atoms with E-state index in [2.05, 4.69) is 6.07 Å². The monoisotopic (exact) mass is 452 g/mol. The zero-order valence-electron chi connectivity index (χ0n) is 16.7. The minimum Gasteiger partial charge on any atom is -0.333 e. The molecule has 166 valence electrons. The molecule has 4 atom stereocenters. The van der Waals surface area contributed by atoms with Gasteiger partial charge in [-0.05, 0) is 55.9 Å². The Morgan fingerprint density at radius 2 is 1.77 bits per heavy atom. The molecule has 1 aromatic rings. The summed E-state index contributed by atoms with van der Waals surface area (Å²) in [6, 6.07) is 5.09. The van der Waals surface area contributed by atoms with Gasteiger partial charge in [-0.25, -0.2) is 0 Å². The summed E-state index contributed by atoms with van der Waals surface area (Å²) in [5, 5.41) is 9.23. The van der Waals surface area contributed by atoms with Crippen molar-refractivity contribution < 1.29 is 22.8 Å².